The number of likely N-dealkylation sites (tertiary alicyclic amines) is 1. The van der Waals surface area contributed by atoms with E-state index in [9.17, 15) is 4.79 Å². The van der Waals surface area contributed by atoms with E-state index in [1.807, 2.05) is 6.07 Å². The molecule has 1 fully saturated rings. The van der Waals surface area contributed by atoms with Crippen molar-refractivity contribution >= 4 is 18.3 Å². The van der Waals surface area contributed by atoms with Crippen LogP contribution >= 0.6 is 12.4 Å². The molecule has 0 atom stereocenters. The second-order valence-corrected chi connectivity index (χ2v) is 7.10. The number of rotatable bonds is 4. The van der Waals surface area contributed by atoms with Gasteiger partial charge in [0.1, 0.15) is 0 Å². The van der Waals surface area contributed by atoms with Gasteiger partial charge in [0.05, 0.1) is 12.1 Å². The summed E-state index contributed by atoms with van der Waals surface area (Å²) >= 11 is 0. The molecule has 1 N–H and O–H groups in total. The van der Waals surface area contributed by atoms with Gasteiger partial charge in [0.25, 0.3) is 0 Å². The lowest BCUT2D eigenvalue weighted by atomic mass is 9.86. The molecule has 1 saturated heterocycles. The Labute approximate surface area is 155 Å². The summed E-state index contributed by atoms with van der Waals surface area (Å²) in [7, 11) is 0. The maximum Gasteiger partial charge on any atom is 0.234 e. The molecule has 1 amide bonds. The fraction of sp³-hybridized carbons (Fsp3) is 0.381. The number of halogens is 1. The van der Waals surface area contributed by atoms with Crippen molar-refractivity contribution in [1.29, 1.82) is 0 Å². The standard InChI is InChI=1S/C21H24N2O.ClH/c24-20(16-23-12-6-7-13-23)22-21(19-10-2-1-3-11-19)14-17-8-4-5-9-18(17)15-21;/h1-5,8-11H,6-7,12-16H2,(H,22,24);1H. The summed E-state index contributed by atoms with van der Waals surface area (Å²) in [5, 5.41) is 3.40. The largest absolute Gasteiger partial charge is 0.345 e. The molecule has 4 heteroatoms. The lowest BCUT2D eigenvalue weighted by Crippen LogP contribution is -2.49. The molecule has 0 spiro atoms. The van der Waals surface area contributed by atoms with Crippen LogP contribution in [-0.4, -0.2) is 30.4 Å². The average Bonchev–Trinajstić information content (AvgIpc) is 3.23. The van der Waals surface area contributed by atoms with Crippen molar-refractivity contribution in [3.8, 4) is 0 Å². The Bertz CT molecular complexity index is 701. The van der Waals surface area contributed by atoms with Crippen molar-refractivity contribution in [3.05, 3.63) is 71.3 Å². The molecule has 0 bridgehead atoms. The van der Waals surface area contributed by atoms with E-state index in [0.717, 1.165) is 25.9 Å². The van der Waals surface area contributed by atoms with Crippen LogP contribution in [0.5, 0.6) is 0 Å². The molecule has 4 rings (SSSR count). The molecule has 0 unspecified atom stereocenters. The Morgan fingerprint density at radius 2 is 1.48 bits per heavy atom. The minimum Gasteiger partial charge on any atom is -0.345 e. The topological polar surface area (TPSA) is 32.3 Å². The smallest absolute Gasteiger partial charge is 0.234 e. The van der Waals surface area contributed by atoms with E-state index in [0.29, 0.717) is 6.54 Å². The molecule has 0 aromatic heterocycles. The van der Waals surface area contributed by atoms with Crippen LogP contribution in [-0.2, 0) is 23.2 Å². The van der Waals surface area contributed by atoms with Gasteiger partial charge in [-0.3, -0.25) is 9.69 Å². The van der Waals surface area contributed by atoms with Crippen LogP contribution in [0.25, 0.3) is 0 Å². The van der Waals surface area contributed by atoms with Gasteiger partial charge in [-0.1, -0.05) is 54.6 Å². The zero-order chi connectivity index (χ0) is 16.4. The van der Waals surface area contributed by atoms with Crippen LogP contribution in [0.2, 0.25) is 0 Å². The van der Waals surface area contributed by atoms with Gasteiger partial charge in [0.2, 0.25) is 5.91 Å². The quantitative estimate of drug-likeness (QED) is 0.911. The first-order chi connectivity index (χ1) is 11.8. The fourth-order valence-corrected chi connectivity index (χ4v) is 4.19. The molecule has 132 valence electrons. The van der Waals surface area contributed by atoms with Crippen LogP contribution in [0.4, 0.5) is 0 Å². The van der Waals surface area contributed by atoms with Crippen LogP contribution in [0.1, 0.15) is 29.5 Å². The van der Waals surface area contributed by atoms with Gasteiger partial charge in [-0.25, -0.2) is 0 Å². The summed E-state index contributed by atoms with van der Waals surface area (Å²) in [6.45, 7) is 2.61. The minimum absolute atomic E-state index is 0. The molecule has 1 aliphatic heterocycles. The Morgan fingerprint density at radius 1 is 0.920 bits per heavy atom. The SMILES string of the molecule is Cl.O=C(CN1CCCC1)NC1(c2ccccc2)Cc2ccccc2C1. The molecule has 2 aliphatic rings. The molecule has 0 radical (unpaired) electrons. The fourth-order valence-electron chi connectivity index (χ4n) is 4.19. The zero-order valence-corrected chi connectivity index (χ0v) is 15.2. The van der Waals surface area contributed by atoms with E-state index in [-0.39, 0.29) is 23.9 Å². The van der Waals surface area contributed by atoms with Crippen LogP contribution in [0, 0.1) is 0 Å². The first kappa shape index (κ1) is 18.0. The number of hydrogen-bond acceptors (Lipinski definition) is 2. The maximum absolute atomic E-state index is 12.7. The third-order valence-corrected chi connectivity index (χ3v) is 5.37. The predicted molar refractivity (Wildman–Crippen MR) is 103 cm³/mol. The van der Waals surface area contributed by atoms with Crippen molar-refractivity contribution in [2.24, 2.45) is 0 Å². The number of amides is 1. The molecule has 0 saturated carbocycles. The highest BCUT2D eigenvalue weighted by Gasteiger charge is 2.40. The molecule has 25 heavy (non-hydrogen) atoms. The summed E-state index contributed by atoms with van der Waals surface area (Å²) < 4.78 is 0. The van der Waals surface area contributed by atoms with Gasteiger partial charge in [-0.2, -0.15) is 0 Å². The van der Waals surface area contributed by atoms with Crippen LogP contribution in [0.15, 0.2) is 54.6 Å². The molecule has 1 aliphatic carbocycles. The Morgan fingerprint density at radius 3 is 2.08 bits per heavy atom. The van der Waals surface area contributed by atoms with Crippen LogP contribution < -0.4 is 5.32 Å². The Hall–Kier alpha value is -1.84. The number of carbonyl (C=O) groups excluding carboxylic acids is 1. The van der Waals surface area contributed by atoms with Crippen molar-refractivity contribution in [2.45, 2.75) is 31.2 Å². The highest BCUT2D eigenvalue weighted by Crippen LogP contribution is 2.37. The van der Waals surface area contributed by atoms with E-state index in [1.165, 1.54) is 29.5 Å². The van der Waals surface area contributed by atoms with E-state index < -0.39 is 0 Å². The summed E-state index contributed by atoms with van der Waals surface area (Å²) in [5.41, 5.74) is 3.60. The second kappa shape index (κ2) is 7.59. The van der Waals surface area contributed by atoms with Gasteiger partial charge >= 0.3 is 0 Å². The monoisotopic (exact) mass is 356 g/mol. The summed E-state index contributed by atoms with van der Waals surface area (Å²) in [6.07, 6.45) is 4.17. The van der Waals surface area contributed by atoms with Crippen molar-refractivity contribution in [2.75, 3.05) is 19.6 Å². The molecule has 2 aromatic rings. The number of carbonyl (C=O) groups is 1. The highest BCUT2D eigenvalue weighted by atomic mass is 35.5. The van der Waals surface area contributed by atoms with E-state index >= 15 is 0 Å². The first-order valence-electron chi connectivity index (χ1n) is 8.91. The number of nitrogens with zero attached hydrogens (tertiary/aromatic N) is 1. The molecule has 2 aromatic carbocycles. The minimum atomic E-state index is -0.304. The van der Waals surface area contributed by atoms with Gasteiger partial charge in [0.15, 0.2) is 0 Å². The van der Waals surface area contributed by atoms with Crippen LogP contribution in [0.3, 0.4) is 0 Å². The molecule has 3 nitrogen and oxygen atoms in total. The van der Waals surface area contributed by atoms with E-state index in [1.54, 1.807) is 0 Å². The van der Waals surface area contributed by atoms with E-state index in [4.69, 9.17) is 0 Å². The number of hydrogen-bond donors (Lipinski definition) is 1. The van der Waals surface area contributed by atoms with Crippen molar-refractivity contribution in [3.63, 3.8) is 0 Å². The number of nitrogens with one attached hydrogen (secondary N) is 1. The summed E-state index contributed by atoms with van der Waals surface area (Å²) in [5.74, 6) is 0.147. The summed E-state index contributed by atoms with van der Waals surface area (Å²) in [4.78, 5) is 15.0. The normalized spacial score (nSPS) is 18.4. The molecular formula is C21H25ClN2O. The predicted octanol–water partition coefficient (Wildman–Crippen LogP) is 3.31. The molecule has 1 heterocycles. The van der Waals surface area contributed by atoms with Gasteiger partial charge in [-0.15, -0.1) is 12.4 Å². The van der Waals surface area contributed by atoms with Gasteiger partial charge in [-0.05, 0) is 42.6 Å². The summed E-state index contributed by atoms with van der Waals surface area (Å²) in [6, 6.07) is 19.0. The second-order valence-electron chi connectivity index (χ2n) is 7.10. The highest BCUT2D eigenvalue weighted by molar-refractivity contribution is 5.85. The van der Waals surface area contributed by atoms with E-state index in [2.05, 4.69) is 58.7 Å². The lowest BCUT2D eigenvalue weighted by Gasteiger charge is -2.32. The lowest BCUT2D eigenvalue weighted by molar-refractivity contribution is -0.124. The average molecular weight is 357 g/mol. The van der Waals surface area contributed by atoms with Gasteiger partial charge in [0, 0.05) is 12.8 Å². The molecular weight excluding hydrogens is 332 g/mol. The number of benzene rings is 2. The third-order valence-electron chi connectivity index (χ3n) is 5.37. The third kappa shape index (κ3) is 3.73. The first-order valence-corrected chi connectivity index (χ1v) is 8.91. The zero-order valence-electron chi connectivity index (χ0n) is 14.4. The Kier molecular flexibility index (Phi) is 5.45. The van der Waals surface area contributed by atoms with Crippen molar-refractivity contribution in [1.82, 2.24) is 10.2 Å². The number of fused-ring (bicyclic) bond motifs is 1. The van der Waals surface area contributed by atoms with Gasteiger partial charge < -0.3 is 5.32 Å². The Balaban J connectivity index is 0.00000182. The van der Waals surface area contributed by atoms with Crippen molar-refractivity contribution < 1.29 is 4.79 Å². The maximum atomic E-state index is 12.7.